The molecule has 0 aliphatic heterocycles. The minimum absolute atomic E-state index is 0.146. The molecule has 2 amide bonds. The quantitative estimate of drug-likeness (QED) is 0.538. The normalized spacial score (nSPS) is 11.0. The Labute approximate surface area is 179 Å². The number of aromatic nitrogens is 3. The van der Waals surface area contributed by atoms with E-state index in [1.807, 2.05) is 25.1 Å². The molecule has 3 aromatic heterocycles. The summed E-state index contributed by atoms with van der Waals surface area (Å²) in [5.41, 5.74) is 3.95. The number of nitrogens with one attached hydrogen (secondary N) is 1. The first-order chi connectivity index (χ1) is 14.9. The van der Waals surface area contributed by atoms with Crippen LogP contribution in [0.3, 0.4) is 0 Å². The molecule has 0 aliphatic carbocycles. The van der Waals surface area contributed by atoms with Crippen LogP contribution in [0.5, 0.6) is 0 Å². The number of hydrogen-bond acceptors (Lipinski definition) is 5. The Hall–Kier alpha value is -3.94. The molecule has 0 bridgehead atoms. The van der Waals surface area contributed by atoms with Gasteiger partial charge in [0.1, 0.15) is 5.69 Å². The van der Waals surface area contributed by atoms with Gasteiger partial charge in [-0.15, -0.1) is 0 Å². The van der Waals surface area contributed by atoms with Crippen molar-refractivity contribution in [3.63, 3.8) is 0 Å². The predicted octanol–water partition coefficient (Wildman–Crippen LogP) is 3.17. The average Bonchev–Trinajstić information content (AvgIpc) is 3.41. The molecule has 158 valence electrons. The molecule has 8 heteroatoms. The maximum atomic E-state index is 13.4. The number of fused-ring (bicyclic) bond motifs is 1. The fraction of sp³-hybridized carbons (Fsp3) is 0.217. The van der Waals surface area contributed by atoms with Crippen molar-refractivity contribution in [2.24, 2.45) is 7.05 Å². The lowest BCUT2D eigenvalue weighted by Gasteiger charge is -2.18. The minimum Gasteiger partial charge on any atom is -0.463 e. The lowest BCUT2D eigenvalue weighted by molar-refractivity contribution is 0.0786. The molecule has 3 heterocycles. The van der Waals surface area contributed by atoms with Crippen LogP contribution in [0.4, 0.5) is 0 Å². The van der Waals surface area contributed by atoms with Crippen molar-refractivity contribution in [1.29, 1.82) is 0 Å². The molecule has 1 aromatic carbocycles. The van der Waals surface area contributed by atoms with Crippen molar-refractivity contribution in [3.8, 4) is 11.5 Å². The Kier molecular flexibility index (Phi) is 5.29. The summed E-state index contributed by atoms with van der Waals surface area (Å²) in [5.74, 6) is 0.293. The number of nitrogens with zero attached hydrogens (tertiary/aromatic N) is 4. The molecule has 0 aliphatic rings. The summed E-state index contributed by atoms with van der Waals surface area (Å²) in [6.45, 7) is 2.26. The van der Waals surface area contributed by atoms with E-state index < -0.39 is 0 Å². The largest absolute Gasteiger partial charge is 0.463 e. The predicted molar refractivity (Wildman–Crippen MR) is 117 cm³/mol. The topological polar surface area (TPSA) is 93.3 Å². The summed E-state index contributed by atoms with van der Waals surface area (Å²) in [6.07, 6.45) is 1.58. The maximum absolute atomic E-state index is 13.4. The third kappa shape index (κ3) is 3.79. The maximum Gasteiger partial charge on any atom is 0.254 e. The second-order valence-electron chi connectivity index (χ2n) is 7.38. The Morgan fingerprint density at radius 3 is 2.58 bits per heavy atom. The number of carbonyl (C=O) groups is 2. The van der Waals surface area contributed by atoms with E-state index in [9.17, 15) is 9.59 Å². The molecule has 4 rings (SSSR count). The van der Waals surface area contributed by atoms with Crippen LogP contribution in [0.2, 0.25) is 0 Å². The van der Waals surface area contributed by atoms with Gasteiger partial charge in [0.2, 0.25) is 0 Å². The van der Waals surface area contributed by atoms with Crippen molar-refractivity contribution in [2.75, 3.05) is 14.1 Å². The molecule has 0 saturated heterocycles. The molecule has 0 spiro atoms. The number of amides is 2. The minimum atomic E-state index is -0.147. The Morgan fingerprint density at radius 1 is 1.19 bits per heavy atom. The lowest BCUT2D eigenvalue weighted by Crippen LogP contribution is -2.26. The third-order valence-corrected chi connectivity index (χ3v) is 5.18. The molecular formula is C23H23N5O3. The second kappa shape index (κ2) is 8.06. The van der Waals surface area contributed by atoms with Crippen molar-refractivity contribution in [2.45, 2.75) is 13.5 Å². The van der Waals surface area contributed by atoms with E-state index in [1.165, 1.54) is 0 Å². The summed E-state index contributed by atoms with van der Waals surface area (Å²) in [7, 11) is 5.15. The number of hydrogen-bond donors (Lipinski definition) is 1. The van der Waals surface area contributed by atoms with E-state index in [0.717, 1.165) is 16.6 Å². The van der Waals surface area contributed by atoms with E-state index in [0.29, 0.717) is 34.8 Å². The number of furan rings is 1. The lowest BCUT2D eigenvalue weighted by atomic mass is 10.1. The molecular weight excluding hydrogens is 394 g/mol. The number of aryl methyl sites for hydroxylation is 2. The van der Waals surface area contributed by atoms with Crippen LogP contribution in [0.25, 0.3) is 22.5 Å². The Bertz CT molecular complexity index is 1260. The molecule has 8 nitrogen and oxygen atoms in total. The van der Waals surface area contributed by atoms with Gasteiger partial charge >= 0.3 is 0 Å². The van der Waals surface area contributed by atoms with Gasteiger partial charge in [0.25, 0.3) is 11.8 Å². The van der Waals surface area contributed by atoms with Gasteiger partial charge in [0.05, 0.1) is 22.9 Å². The van der Waals surface area contributed by atoms with Crippen molar-refractivity contribution in [1.82, 2.24) is 25.0 Å². The molecule has 0 atom stereocenters. The average molecular weight is 417 g/mol. The highest BCUT2D eigenvalue weighted by Gasteiger charge is 2.22. The number of rotatable bonds is 5. The molecule has 0 unspecified atom stereocenters. The number of benzene rings is 1. The molecule has 4 aromatic rings. The first-order valence-electron chi connectivity index (χ1n) is 9.83. The van der Waals surface area contributed by atoms with E-state index in [1.54, 1.807) is 61.3 Å². The highest BCUT2D eigenvalue weighted by molar-refractivity contribution is 6.07. The first kappa shape index (κ1) is 20.3. The van der Waals surface area contributed by atoms with Gasteiger partial charge in [-0.3, -0.25) is 14.3 Å². The van der Waals surface area contributed by atoms with Crippen LogP contribution >= 0.6 is 0 Å². The van der Waals surface area contributed by atoms with Crippen LogP contribution in [0.1, 0.15) is 32.0 Å². The van der Waals surface area contributed by atoms with Crippen LogP contribution in [0.15, 0.2) is 53.1 Å². The van der Waals surface area contributed by atoms with Crippen molar-refractivity contribution >= 4 is 22.8 Å². The monoisotopic (exact) mass is 417 g/mol. The van der Waals surface area contributed by atoms with E-state index in [-0.39, 0.29) is 11.8 Å². The molecule has 0 radical (unpaired) electrons. The summed E-state index contributed by atoms with van der Waals surface area (Å²) in [5, 5.41) is 7.77. The zero-order valence-electron chi connectivity index (χ0n) is 17.8. The van der Waals surface area contributed by atoms with Crippen LogP contribution in [0, 0.1) is 6.92 Å². The fourth-order valence-corrected chi connectivity index (χ4v) is 3.62. The fourth-order valence-electron chi connectivity index (χ4n) is 3.62. The summed E-state index contributed by atoms with van der Waals surface area (Å²) >= 11 is 0. The number of pyridine rings is 1. The van der Waals surface area contributed by atoms with Crippen LogP contribution in [-0.4, -0.2) is 45.6 Å². The Morgan fingerprint density at radius 2 is 1.94 bits per heavy atom. The van der Waals surface area contributed by atoms with Gasteiger partial charge in [-0.25, -0.2) is 4.98 Å². The van der Waals surface area contributed by atoms with Gasteiger partial charge in [0, 0.05) is 33.3 Å². The van der Waals surface area contributed by atoms with Gasteiger partial charge in [-0.05, 0) is 42.8 Å². The smallest absolute Gasteiger partial charge is 0.254 e. The van der Waals surface area contributed by atoms with Crippen LogP contribution in [-0.2, 0) is 13.6 Å². The second-order valence-corrected chi connectivity index (χ2v) is 7.38. The molecule has 31 heavy (non-hydrogen) atoms. The SMILES string of the molecule is CNC(=O)c1ccc(CN(C)C(=O)c2cc(-c3ccco3)nc3c2c(C)nn3C)cc1. The van der Waals surface area contributed by atoms with E-state index in [2.05, 4.69) is 15.4 Å². The highest BCUT2D eigenvalue weighted by atomic mass is 16.3. The zero-order valence-corrected chi connectivity index (χ0v) is 17.8. The Balaban J connectivity index is 1.68. The third-order valence-electron chi connectivity index (χ3n) is 5.18. The van der Waals surface area contributed by atoms with E-state index >= 15 is 0 Å². The molecule has 1 N–H and O–H groups in total. The van der Waals surface area contributed by atoms with E-state index in [4.69, 9.17) is 4.42 Å². The summed E-state index contributed by atoms with van der Waals surface area (Å²) in [4.78, 5) is 31.5. The van der Waals surface area contributed by atoms with Gasteiger partial charge in [-0.1, -0.05) is 12.1 Å². The summed E-state index contributed by atoms with van der Waals surface area (Å²) < 4.78 is 7.17. The van der Waals surface area contributed by atoms with Crippen molar-refractivity contribution < 1.29 is 14.0 Å². The van der Waals surface area contributed by atoms with Gasteiger partial charge < -0.3 is 14.6 Å². The standard InChI is InChI=1S/C23H23N5O3/c1-14-20-17(12-18(19-6-5-11-31-19)25-21(20)28(4)26-14)23(30)27(3)13-15-7-9-16(10-8-15)22(29)24-2/h5-12H,13H2,1-4H3,(H,24,29). The van der Waals surface area contributed by atoms with Gasteiger partial charge in [0.15, 0.2) is 11.4 Å². The zero-order chi connectivity index (χ0) is 22.1. The summed E-state index contributed by atoms with van der Waals surface area (Å²) in [6, 6.07) is 12.5. The van der Waals surface area contributed by atoms with Crippen molar-refractivity contribution in [3.05, 3.63) is 71.1 Å². The van der Waals surface area contributed by atoms with Gasteiger partial charge in [-0.2, -0.15) is 5.10 Å². The number of carbonyl (C=O) groups excluding carboxylic acids is 2. The molecule has 0 saturated carbocycles. The molecule has 0 fully saturated rings. The highest BCUT2D eigenvalue weighted by Crippen LogP contribution is 2.28. The first-order valence-corrected chi connectivity index (χ1v) is 9.83. The van der Waals surface area contributed by atoms with Crippen LogP contribution < -0.4 is 5.32 Å².